The number of rotatable bonds is 4. The molecule has 1 aliphatic rings. The highest BCUT2D eigenvalue weighted by Crippen LogP contribution is 2.15. The van der Waals surface area contributed by atoms with Gasteiger partial charge in [-0.3, -0.25) is 4.99 Å². The van der Waals surface area contributed by atoms with E-state index < -0.39 is 0 Å². The maximum absolute atomic E-state index is 11.8. The number of carbonyl (C=O) groups excluding carboxylic acids is 1. The number of aryl methyl sites for hydroxylation is 1. The lowest BCUT2D eigenvalue weighted by atomic mass is 10.0. The van der Waals surface area contributed by atoms with Crippen LogP contribution in [0.5, 0.6) is 0 Å². The van der Waals surface area contributed by atoms with Crippen molar-refractivity contribution in [2.75, 3.05) is 46.4 Å². The van der Waals surface area contributed by atoms with Gasteiger partial charge in [-0.2, -0.15) is 0 Å². The van der Waals surface area contributed by atoms with E-state index in [9.17, 15) is 4.79 Å². The quantitative estimate of drug-likeness (QED) is 0.672. The Balaban J connectivity index is 1.83. The van der Waals surface area contributed by atoms with Crippen molar-refractivity contribution >= 4 is 12.1 Å². The molecule has 1 fully saturated rings. The molecule has 1 heterocycles. The fourth-order valence-electron chi connectivity index (χ4n) is 2.91. The van der Waals surface area contributed by atoms with Crippen molar-refractivity contribution in [1.82, 2.24) is 15.1 Å². The van der Waals surface area contributed by atoms with E-state index in [0.717, 1.165) is 25.6 Å². The number of ether oxygens (including phenoxy) is 1. The monoisotopic (exact) mass is 346 g/mol. The van der Waals surface area contributed by atoms with E-state index >= 15 is 0 Å². The minimum absolute atomic E-state index is 0.224. The SMILES string of the molecule is CCOC(=O)N1CCN(C(=NC)NCC(C)c2ccc(C)cc2)CC1. The lowest BCUT2D eigenvalue weighted by Crippen LogP contribution is -2.54. The predicted molar refractivity (Wildman–Crippen MR) is 101 cm³/mol. The molecule has 1 aliphatic heterocycles. The molecular formula is C19H30N4O2. The molecule has 0 spiro atoms. The first kappa shape index (κ1) is 19.1. The molecule has 0 radical (unpaired) electrons. The third-order valence-electron chi connectivity index (χ3n) is 4.53. The number of benzene rings is 1. The van der Waals surface area contributed by atoms with Gasteiger partial charge in [-0.15, -0.1) is 0 Å². The molecule has 0 saturated carbocycles. The topological polar surface area (TPSA) is 57.2 Å². The first-order valence-electron chi connectivity index (χ1n) is 8.99. The second-order valence-corrected chi connectivity index (χ2v) is 6.41. The van der Waals surface area contributed by atoms with E-state index in [4.69, 9.17) is 4.74 Å². The maximum atomic E-state index is 11.8. The summed E-state index contributed by atoms with van der Waals surface area (Å²) in [5, 5.41) is 3.46. The predicted octanol–water partition coefficient (Wildman–Crippen LogP) is 2.45. The van der Waals surface area contributed by atoms with E-state index in [0.29, 0.717) is 25.6 Å². The van der Waals surface area contributed by atoms with Gasteiger partial charge in [-0.05, 0) is 25.3 Å². The highest BCUT2D eigenvalue weighted by atomic mass is 16.6. The van der Waals surface area contributed by atoms with Gasteiger partial charge < -0.3 is 19.9 Å². The van der Waals surface area contributed by atoms with Gasteiger partial charge >= 0.3 is 6.09 Å². The molecule has 6 heteroatoms. The minimum Gasteiger partial charge on any atom is -0.450 e. The molecule has 1 aromatic rings. The molecule has 0 aliphatic carbocycles. The van der Waals surface area contributed by atoms with Crippen LogP contribution in [0.2, 0.25) is 0 Å². The lowest BCUT2D eigenvalue weighted by molar-refractivity contribution is 0.0914. The summed E-state index contributed by atoms with van der Waals surface area (Å²) >= 11 is 0. The molecule has 2 rings (SSSR count). The van der Waals surface area contributed by atoms with E-state index in [1.54, 1.807) is 11.9 Å². The van der Waals surface area contributed by atoms with Gasteiger partial charge in [-0.1, -0.05) is 36.8 Å². The molecule has 1 unspecified atom stereocenters. The van der Waals surface area contributed by atoms with Crippen molar-refractivity contribution in [2.24, 2.45) is 4.99 Å². The Kier molecular flexibility index (Phi) is 7.10. The molecule has 1 atom stereocenters. The third-order valence-corrected chi connectivity index (χ3v) is 4.53. The summed E-state index contributed by atoms with van der Waals surface area (Å²) in [6.07, 6.45) is -0.224. The summed E-state index contributed by atoms with van der Waals surface area (Å²) < 4.78 is 5.06. The van der Waals surface area contributed by atoms with Crippen LogP contribution in [0.3, 0.4) is 0 Å². The van der Waals surface area contributed by atoms with Crippen molar-refractivity contribution in [2.45, 2.75) is 26.7 Å². The van der Waals surface area contributed by atoms with Crippen molar-refractivity contribution < 1.29 is 9.53 Å². The number of nitrogens with zero attached hydrogens (tertiary/aromatic N) is 3. The largest absolute Gasteiger partial charge is 0.450 e. The van der Waals surface area contributed by atoms with Crippen LogP contribution in [0.4, 0.5) is 4.79 Å². The third kappa shape index (κ3) is 5.37. The van der Waals surface area contributed by atoms with Crippen molar-refractivity contribution in [3.63, 3.8) is 0 Å². The Morgan fingerprint density at radius 3 is 2.36 bits per heavy atom. The molecule has 0 bridgehead atoms. The smallest absolute Gasteiger partial charge is 0.409 e. The zero-order valence-corrected chi connectivity index (χ0v) is 15.8. The first-order valence-corrected chi connectivity index (χ1v) is 8.99. The van der Waals surface area contributed by atoms with E-state index in [2.05, 4.69) is 53.3 Å². The van der Waals surface area contributed by atoms with Crippen molar-refractivity contribution in [3.8, 4) is 0 Å². The Hall–Kier alpha value is -2.24. The van der Waals surface area contributed by atoms with E-state index in [1.807, 2.05) is 6.92 Å². The van der Waals surface area contributed by atoms with Gasteiger partial charge in [-0.25, -0.2) is 4.79 Å². The van der Waals surface area contributed by atoms with E-state index in [1.165, 1.54) is 11.1 Å². The average Bonchev–Trinajstić information content (AvgIpc) is 2.63. The summed E-state index contributed by atoms with van der Waals surface area (Å²) in [6, 6.07) is 8.66. The molecule has 0 aromatic heterocycles. The Bertz CT molecular complexity index is 578. The lowest BCUT2D eigenvalue weighted by Gasteiger charge is -2.36. The number of aliphatic imine (C=N–C) groups is 1. The number of guanidine groups is 1. The Morgan fingerprint density at radius 2 is 1.80 bits per heavy atom. The second kappa shape index (κ2) is 9.30. The van der Waals surface area contributed by atoms with Crippen LogP contribution in [0.1, 0.15) is 30.9 Å². The molecule has 1 amide bonds. The summed E-state index contributed by atoms with van der Waals surface area (Å²) in [7, 11) is 1.80. The van der Waals surface area contributed by atoms with Crippen LogP contribution >= 0.6 is 0 Å². The maximum Gasteiger partial charge on any atom is 0.409 e. The van der Waals surface area contributed by atoms with Gasteiger partial charge in [0, 0.05) is 39.8 Å². The molecule has 1 saturated heterocycles. The van der Waals surface area contributed by atoms with Crippen LogP contribution in [0, 0.1) is 6.92 Å². The molecule has 1 N–H and O–H groups in total. The molecule has 6 nitrogen and oxygen atoms in total. The van der Waals surface area contributed by atoms with Gasteiger partial charge in [0.05, 0.1) is 6.61 Å². The summed E-state index contributed by atoms with van der Waals surface area (Å²) in [6.45, 7) is 10.2. The van der Waals surface area contributed by atoms with Crippen LogP contribution in [0.15, 0.2) is 29.3 Å². The second-order valence-electron chi connectivity index (χ2n) is 6.41. The molecule has 138 valence electrons. The fourth-order valence-corrected chi connectivity index (χ4v) is 2.91. The number of hydrogen-bond donors (Lipinski definition) is 1. The first-order chi connectivity index (χ1) is 12.0. The molecular weight excluding hydrogens is 316 g/mol. The van der Waals surface area contributed by atoms with Gasteiger partial charge in [0.15, 0.2) is 5.96 Å². The number of hydrogen-bond acceptors (Lipinski definition) is 3. The number of amides is 1. The minimum atomic E-state index is -0.224. The van der Waals surface area contributed by atoms with Crippen LogP contribution in [0.25, 0.3) is 0 Å². The number of piperazine rings is 1. The number of nitrogens with one attached hydrogen (secondary N) is 1. The van der Waals surface area contributed by atoms with Gasteiger partial charge in [0.2, 0.25) is 0 Å². The summed E-state index contributed by atoms with van der Waals surface area (Å²) in [4.78, 5) is 20.1. The zero-order valence-electron chi connectivity index (χ0n) is 15.8. The normalized spacial score (nSPS) is 16.6. The molecule has 25 heavy (non-hydrogen) atoms. The van der Waals surface area contributed by atoms with Crippen molar-refractivity contribution in [1.29, 1.82) is 0 Å². The van der Waals surface area contributed by atoms with Gasteiger partial charge in [0.1, 0.15) is 0 Å². The Morgan fingerprint density at radius 1 is 1.20 bits per heavy atom. The standard InChI is InChI=1S/C19H30N4O2/c1-5-25-19(24)23-12-10-22(11-13-23)18(20-4)21-14-16(3)17-8-6-15(2)7-9-17/h6-9,16H,5,10-14H2,1-4H3,(H,20,21). The average molecular weight is 346 g/mol. The van der Waals surface area contributed by atoms with Crippen LogP contribution in [-0.4, -0.2) is 68.2 Å². The number of carbonyl (C=O) groups is 1. The van der Waals surface area contributed by atoms with Gasteiger partial charge in [0.25, 0.3) is 0 Å². The summed E-state index contributed by atoms with van der Waals surface area (Å²) in [5.41, 5.74) is 2.60. The fraction of sp³-hybridized carbons (Fsp3) is 0.579. The van der Waals surface area contributed by atoms with Crippen molar-refractivity contribution in [3.05, 3.63) is 35.4 Å². The highest BCUT2D eigenvalue weighted by molar-refractivity contribution is 5.80. The summed E-state index contributed by atoms with van der Waals surface area (Å²) in [5.74, 6) is 1.29. The highest BCUT2D eigenvalue weighted by Gasteiger charge is 2.23. The molecule has 1 aromatic carbocycles. The van der Waals surface area contributed by atoms with Crippen LogP contribution in [-0.2, 0) is 4.74 Å². The Labute approximate surface area is 150 Å². The van der Waals surface area contributed by atoms with Crippen LogP contribution < -0.4 is 5.32 Å². The zero-order chi connectivity index (χ0) is 18.2. The van der Waals surface area contributed by atoms with E-state index in [-0.39, 0.29) is 6.09 Å².